The molecule has 1 saturated heterocycles. The first kappa shape index (κ1) is 12.7. The Kier molecular flexibility index (Phi) is 3.58. The summed E-state index contributed by atoms with van der Waals surface area (Å²) in [7, 11) is 0. The van der Waals surface area contributed by atoms with Gasteiger partial charge in [-0.3, -0.25) is 0 Å². The van der Waals surface area contributed by atoms with Crippen LogP contribution >= 0.6 is 11.6 Å². The predicted octanol–water partition coefficient (Wildman–Crippen LogP) is 3.33. The summed E-state index contributed by atoms with van der Waals surface area (Å²) in [6, 6.07) is 8.42. The molecule has 0 spiro atoms. The van der Waals surface area contributed by atoms with Gasteiger partial charge in [0.25, 0.3) is 0 Å². The number of aromatic amines is 1. The van der Waals surface area contributed by atoms with Crippen LogP contribution in [0.5, 0.6) is 0 Å². The molecule has 19 heavy (non-hydrogen) atoms. The van der Waals surface area contributed by atoms with Crippen LogP contribution in [-0.2, 0) is 6.42 Å². The van der Waals surface area contributed by atoms with E-state index in [0.717, 1.165) is 40.8 Å². The minimum atomic E-state index is 0.567. The molecule has 1 atom stereocenters. The number of halogens is 1. The van der Waals surface area contributed by atoms with E-state index in [2.05, 4.69) is 17.2 Å². The molecule has 1 aromatic heterocycles. The molecule has 1 aliphatic rings. The van der Waals surface area contributed by atoms with Gasteiger partial charge in [-0.25, -0.2) is 4.98 Å². The fourth-order valence-electron chi connectivity index (χ4n) is 2.70. The van der Waals surface area contributed by atoms with Crippen LogP contribution < -0.4 is 5.32 Å². The molecule has 0 amide bonds. The molecule has 100 valence electrons. The molecule has 3 nitrogen and oxygen atoms in total. The Hall–Kier alpha value is -1.32. The minimum absolute atomic E-state index is 0.567. The largest absolute Gasteiger partial charge is 0.346 e. The fraction of sp³-hybridized carbons (Fsp3) is 0.400. The number of hydrogen-bond donors (Lipinski definition) is 2. The van der Waals surface area contributed by atoms with Gasteiger partial charge in [-0.15, -0.1) is 0 Å². The normalized spacial score (nSPS) is 18.9. The second-order valence-corrected chi connectivity index (χ2v) is 5.60. The van der Waals surface area contributed by atoms with Crippen molar-refractivity contribution in [2.45, 2.75) is 32.2 Å². The molecule has 1 aliphatic heterocycles. The zero-order valence-electron chi connectivity index (χ0n) is 11.0. The average molecular weight is 276 g/mol. The van der Waals surface area contributed by atoms with E-state index in [9.17, 15) is 0 Å². The average Bonchev–Trinajstić information content (AvgIpc) is 3.00. The molecule has 1 fully saturated rings. The SMILES string of the molecule is Cc1[nH]c(CC2CCCN2)nc1-c1cccc(Cl)c1. The van der Waals surface area contributed by atoms with Crippen molar-refractivity contribution in [3.8, 4) is 11.3 Å². The van der Waals surface area contributed by atoms with Crippen LogP contribution in [0.3, 0.4) is 0 Å². The maximum atomic E-state index is 6.04. The number of aryl methyl sites for hydroxylation is 1. The van der Waals surface area contributed by atoms with E-state index >= 15 is 0 Å². The second-order valence-electron chi connectivity index (χ2n) is 5.16. The van der Waals surface area contributed by atoms with E-state index < -0.39 is 0 Å². The van der Waals surface area contributed by atoms with Gasteiger partial charge in [-0.1, -0.05) is 23.7 Å². The lowest BCUT2D eigenvalue weighted by molar-refractivity contribution is 0.588. The summed E-state index contributed by atoms with van der Waals surface area (Å²) in [5.41, 5.74) is 3.19. The maximum absolute atomic E-state index is 6.04. The Bertz CT molecular complexity index is 571. The number of imidazole rings is 1. The zero-order chi connectivity index (χ0) is 13.2. The molecule has 2 heterocycles. The third-order valence-corrected chi connectivity index (χ3v) is 3.87. The molecule has 3 rings (SSSR count). The van der Waals surface area contributed by atoms with E-state index in [1.54, 1.807) is 0 Å². The molecule has 0 saturated carbocycles. The van der Waals surface area contributed by atoms with Gasteiger partial charge in [0.2, 0.25) is 0 Å². The number of nitrogens with one attached hydrogen (secondary N) is 2. The van der Waals surface area contributed by atoms with Crippen molar-refractivity contribution >= 4 is 11.6 Å². The summed E-state index contributed by atoms with van der Waals surface area (Å²) < 4.78 is 0. The van der Waals surface area contributed by atoms with Crippen LogP contribution in [0.4, 0.5) is 0 Å². The summed E-state index contributed by atoms with van der Waals surface area (Å²) >= 11 is 6.04. The van der Waals surface area contributed by atoms with Gasteiger partial charge in [0, 0.05) is 28.7 Å². The van der Waals surface area contributed by atoms with Crippen molar-refractivity contribution < 1.29 is 0 Å². The molecule has 4 heteroatoms. The van der Waals surface area contributed by atoms with Gasteiger partial charge in [-0.05, 0) is 38.4 Å². The molecule has 0 bridgehead atoms. The lowest BCUT2D eigenvalue weighted by atomic mass is 10.1. The standard InChI is InChI=1S/C15H18ClN3/c1-10-15(11-4-2-5-12(16)8-11)19-14(18-10)9-13-6-3-7-17-13/h2,4-5,8,13,17H,3,6-7,9H2,1H3,(H,18,19). The van der Waals surface area contributed by atoms with Crippen LogP contribution in [0.25, 0.3) is 11.3 Å². The van der Waals surface area contributed by atoms with Gasteiger partial charge in [-0.2, -0.15) is 0 Å². The first-order chi connectivity index (χ1) is 9.22. The fourth-order valence-corrected chi connectivity index (χ4v) is 2.89. The zero-order valence-corrected chi connectivity index (χ0v) is 11.8. The van der Waals surface area contributed by atoms with Gasteiger partial charge >= 0.3 is 0 Å². The molecule has 1 unspecified atom stereocenters. The van der Waals surface area contributed by atoms with Gasteiger partial charge < -0.3 is 10.3 Å². The quantitative estimate of drug-likeness (QED) is 0.902. The first-order valence-corrected chi connectivity index (χ1v) is 7.15. The molecule has 0 radical (unpaired) electrons. The lowest BCUT2D eigenvalue weighted by Crippen LogP contribution is -2.24. The van der Waals surface area contributed by atoms with Gasteiger partial charge in [0.1, 0.15) is 5.82 Å². The van der Waals surface area contributed by atoms with Crippen LogP contribution in [0.15, 0.2) is 24.3 Å². The molecule has 1 aromatic carbocycles. The second kappa shape index (κ2) is 5.35. The summed E-state index contributed by atoms with van der Waals surface area (Å²) in [6.07, 6.45) is 3.49. The van der Waals surface area contributed by atoms with E-state index in [0.29, 0.717) is 6.04 Å². The van der Waals surface area contributed by atoms with E-state index in [4.69, 9.17) is 16.6 Å². The van der Waals surface area contributed by atoms with Crippen molar-refractivity contribution in [2.24, 2.45) is 0 Å². The minimum Gasteiger partial charge on any atom is -0.346 e. The van der Waals surface area contributed by atoms with Crippen molar-refractivity contribution in [3.05, 3.63) is 40.8 Å². The van der Waals surface area contributed by atoms with E-state index in [1.165, 1.54) is 12.8 Å². The van der Waals surface area contributed by atoms with Crippen LogP contribution in [0, 0.1) is 6.92 Å². The third-order valence-electron chi connectivity index (χ3n) is 3.63. The Morgan fingerprint density at radius 2 is 2.32 bits per heavy atom. The highest BCUT2D eigenvalue weighted by molar-refractivity contribution is 6.30. The van der Waals surface area contributed by atoms with Crippen molar-refractivity contribution in [3.63, 3.8) is 0 Å². The molecular formula is C15H18ClN3. The Morgan fingerprint density at radius 3 is 3.05 bits per heavy atom. The molecule has 2 aromatic rings. The van der Waals surface area contributed by atoms with Crippen molar-refractivity contribution in [2.75, 3.05) is 6.54 Å². The molecule has 0 aliphatic carbocycles. The summed E-state index contributed by atoms with van der Waals surface area (Å²) in [6.45, 7) is 3.19. The highest BCUT2D eigenvalue weighted by atomic mass is 35.5. The van der Waals surface area contributed by atoms with E-state index in [-0.39, 0.29) is 0 Å². The summed E-state index contributed by atoms with van der Waals surface area (Å²) in [5, 5.41) is 4.25. The highest BCUT2D eigenvalue weighted by Gasteiger charge is 2.17. The number of H-pyrrole nitrogens is 1. The summed E-state index contributed by atoms with van der Waals surface area (Å²) in [4.78, 5) is 8.13. The molecule has 2 N–H and O–H groups in total. The Balaban J connectivity index is 1.84. The monoisotopic (exact) mass is 275 g/mol. The maximum Gasteiger partial charge on any atom is 0.108 e. The van der Waals surface area contributed by atoms with Crippen LogP contribution in [-0.4, -0.2) is 22.6 Å². The van der Waals surface area contributed by atoms with E-state index in [1.807, 2.05) is 24.3 Å². The van der Waals surface area contributed by atoms with Crippen LogP contribution in [0.1, 0.15) is 24.4 Å². The smallest absolute Gasteiger partial charge is 0.108 e. The lowest BCUT2D eigenvalue weighted by Gasteiger charge is -2.06. The third kappa shape index (κ3) is 2.82. The summed E-state index contributed by atoms with van der Waals surface area (Å²) in [5.74, 6) is 1.06. The number of hydrogen-bond acceptors (Lipinski definition) is 2. The topological polar surface area (TPSA) is 40.7 Å². The molecular weight excluding hydrogens is 258 g/mol. The number of nitrogens with zero attached hydrogens (tertiary/aromatic N) is 1. The van der Waals surface area contributed by atoms with Crippen molar-refractivity contribution in [1.82, 2.24) is 15.3 Å². The number of rotatable bonds is 3. The van der Waals surface area contributed by atoms with Gasteiger partial charge in [0.05, 0.1) is 5.69 Å². The Morgan fingerprint density at radius 1 is 1.42 bits per heavy atom. The van der Waals surface area contributed by atoms with Crippen LogP contribution in [0.2, 0.25) is 5.02 Å². The van der Waals surface area contributed by atoms with Crippen molar-refractivity contribution in [1.29, 1.82) is 0 Å². The number of aromatic nitrogens is 2. The predicted molar refractivity (Wildman–Crippen MR) is 78.5 cm³/mol. The highest BCUT2D eigenvalue weighted by Crippen LogP contribution is 2.24. The first-order valence-electron chi connectivity index (χ1n) is 6.77. The number of benzene rings is 1. The van der Waals surface area contributed by atoms with Gasteiger partial charge in [0.15, 0.2) is 0 Å². The Labute approximate surface area is 118 Å².